The van der Waals surface area contributed by atoms with Crippen LogP contribution in [0.4, 0.5) is 0 Å². The summed E-state index contributed by atoms with van der Waals surface area (Å²) >= 11 is 0. The summed E-state index contributed by atoms with van der Waals surface area (Å²) in [5, 5.41) is 6.78. The van der Waals surface area contributed by atoms with Crippen molar-refractivity contribution in [1.82, 2.24) is 10.5 Å². The number of carbonyl (C=O) groups is 1. The monoisotopic (exact) mass is 346 g/mol. The van der Waals surface area contributed by atoms with Gasteiger partial charge < -0.3 is 19.3 Å². The smallest absolute Gasteiger partial charge is 0.257 e. The van der Waals surface area contributed by atoms with Crippen molar-refractivity contribution in [2.75, 3.05) is 13.7 Å². The maximum Gasteiger partial charge on any atom is 0.257 e. The Hall–Kier alpha value is -2.50. The van der Waals surface area contributed by atoms with Crippen molar-refractivity contribution in [3.63, 3.8) is 0 Å². The van der Waals surface area contributed by atoms with Crippen LogP contribution in [-0.2, 0) is 0 Å². The molecule has 6 heteroatoms. The summed E-state index contributed by atoms with van der Waals surface area (Å²) in [4.78, 5) is 12.5. The van der Waals surface area contributed by atoms with E-state index in [1.54, 1.807) is 21.0 Å². The molecule has 0 aliphatic heterocycles. The number of ether oxygens (including phenoxy) is 2. The second-order valence-corrected chi connectivity index (χ2v) is 6.51. The summed E-state index contributed by atoms with van der Waals surface area (Å²) in [7, 11) is 1.61. The molecule has 0 bridgehead atoms. The minimum Gasteiger partial charge on any atom is -0.493 e. The zero-order valence-corrected chi connectivity index (χ0v) is 15.7. The highest BCUT2D eigenvalue weighted by atomic mass is 16.5. The lowest BCUT2D eigenvalue weighted by Gasteiger charge is -2.17. The Bertz CT molecular complexity index is 718. The summed E-state index contributed by atoms with van der Waals surface area (Å²) in [5.74, 6) is 2.08. The van der Waals surface area contributed by atoms with Crippen molar-refractivity contribution < 1.29 is 18.8 Å². The van der Waals surface area contributed by atoms with Gasteiger partial charge in [0.05, 0.1) is 25.5 Å². The molecule has 136 valence electrons. The van der Waals surface area contributed by atoms with Crippen LogP contribution >= 0.6 is 0 Å². The number of hydrogen-bond acceptors (Lipinski definition) is 5. The van der Waals surface area contributed by atoms with Crippen LogP contribution in [0, 0.1) is 19.8 Å². The van der Waals surface area contributed by atoms with Gasteiger partial charge in [-0.15, -0.1) is 0 Å². The molecule has 0 saturated heterocycles. The fraction of sp³-hybridized carbons (Fsp3) is 0.474. The molecule has 1 unspecified atom stereocenters. The van der Waals surface area contributed by atoms with Crippen LogP contribution in [-0.4, -0.2) is 24.8 Å². The lowest BCUT2D eigenvalue weighted by atomic mass is 10.1. The SMILES string of the molecule is COc1cc(C(C)NC(=O)c2c(C)noc2C)ccc1OCC(C)C. The van der Waals surface area contributed by atoms with Gasteiger partial charge in [-0.1, -0.05) is 25.1 Å². The van der Waals surface area contributed by atoms with Gasteiger partial charge in [0.25, 0.3) is 5.91 Å². The first kappa shape index (κ1) is 18.8. The lowest BCUT2D eigenvalue weighted by molar-refractivity contribution is 0.0937. The highest BCUT2D eigenvalue weighted by Crippen LogP contribution is 2.31. The molecule has 0 radical (unpaired) electrons. The van der Waals surface area contributed by atoms with Crippen LogP contribution in [0.15, 0.2) is 22.7 Å². The minimum absolute atomic E-state index is 0.200. The molecule has 2 aromatic rings. The Morgan fingerprint density at radius 2 is 1.96 bits per heavy atom. The fourth-order valence-corrected chi connectivity index (χ4v) is 2.49. The highest BCUT2D eigenvalue weighted by molar-refractivity contribution is 5.96. The Morgan fingerprint density at radius 3 is 2.52 bits per heavy atom. The number of methoxy groups -OCH3 is 1. The number of benzene rings is 1. The second kappa shape index (κ2) is 8.05. The summed E-state index contributed by atoms with van der Waals surface area (Å²) in [6, 6.07) is 5.48. The van der Waals surface area contributed by atoms with E-state index in [1.165, 1.54) is 0 Å². The molecule has 6 nitrogen and oxygen atoms in total. The van der Waals surface area contributed by atoms with Crippen molar-refractivity contribution in [1.29, 1.82) is 0 Å². The third kappa shape index (κ3) is 4.53. The number of nitrogens with one attached hydrogen (secondary N) is 1. The van der Waals surface area contributed by atoms with Crippen LogP contribution in [0.5, 0.6) is 11.5 Å². The van der Waals surface area contributed by atoms with Gasteiger partial charge in [0, 0.05) is 0 Å². The zero-order chi connectivity index (χ0) is 18.6. The Morgan fingerprint density at radius 1 is 1.24 bits per heavy atom. The zero-order valence-electron chi connectivity index (χ0n) is 15.7. The Balaban J connectivity index is 2.13. The van der Waals surface area contributed by atoms with Gasteiger partial charge in [-0.2, -0.15) is 0 Å². The van der Waals surface area contributed by atoms with Crippen LogP contribution in [0.25, 0.3) is 0 Å². The number of carbonyl (C=O) groups excluding carboxylic acids is 1. The van der Waals surface area contributed by atoms with E-state index in [4.69, 9.17) is 14.0 Å². The third-order valence-electron chi connectivity index (χ3n) is 3.87. The van der Waals surface area contributed by atoms with E-state index < -0.39 is 0 Å². The van der Waals surface area contributed by atoms with E-state index in [-0.39, 0.29) is 11.9 Å². The maximum absolute atomic E-state index is 12.5. The topological polar surface area (TPSA) is 73.6 Å². The van der Waals surface area contributed by atoms with Crippen LogP contribution in [0.2, 0.25) is 0 Å². The Kier molecular flexibility index (Phi) is 6.07. The van der Waals surface area contributed by atoms with E-state index in [1.807, 2.05) is 25.1 Å². The molecular weight excluding hydrogens is 320 g/mol. The molecule has 1 heterocycles. The quantitative estimate of drug-likeness (QED) is 0.825. The molecule has 1 amide bonds. The molecule has 25 heavy (non-hydrogen) atoms. The summed E-state index contributed by atoms with van der Waals surface area (Å²) in [6.45, 7) is 10.2. The third-order valence-corrected chi connectivity index (χ3v) is 3.87. The second-order valence-electron chi connectivity index (χ2n) is 6.51. The average Bonchev–Trinajstić information content (AvgIpc) is 2.91. The van der Waals surface area contributed by atoms with Gasteiger partial charge in [0.1, 0.15) is 11.3 Å². The highest BCUT2D eigenvalue weighted by Gasteiger charge is 2.20. The van der Waals surface area contributed by atoms with Gasteiger partial charge >= 0.3 is 0 Å². The first-order valence-corrected chi connectivity index (χ1v) is 8.38. The summed E-state index contributed by atoms with van der Waals surface area (Å²) < 4.78 is 16.2. The number of aryl methyl sites for hydroxylation is 2. The van der Waals surface area contributed by atoms with Gasteiger partial charge in [0.15, 0.2) is 11.5 Å². The molecule has 1 N–H and O–H groups in total. The van der Waals surface area contributed by atoms with Crippen LogP contribution in [0.1, 0.15) is 54.2 Å². The van der Waals surface area contributed by atoms with E-state index in [2.05, 4.69) is 24.3 Å². The maximum atomic E-state index is 12.5. The first-order valence-electron chi connectivity index (χ1n) is 8.38. The normalized spacial score (nSPS) is 12.1. The molecule has 0 aliphatic rings. The van der Waals surface area contributed by atoms with Gasteiger partial charge in [-0.3, -0.25) is 4.79 Å². The number of amides is 1. The van der Waals surface area contributed by atoms with Crippen molar-refractivity contribution in [3.8, 4) is 11.5 Å². The predicted octanol–water partition coefficient (Wildman–Crippen LogP) is 3.83. The van der Waals surface area contributed by atoms with Gasteiger partial charge in [-0.25, -0.2) is 0 Å². The molecule has 1 aromatic heterocycles. The standard InChI is InChI=1S/C19H26N2O4/c1-11(2)10-24-16-8-7-15(9-17(16)23-6)12(3)20-19(22)18-13(4)21-25-14(18)5/h7-9,11-12H,10H2,1-6H3,(H,20,22). The number of hydrogen-bond donors (Lipinski definition) is 1. The molecule has 0 spiro atoms. The van der Waals surface area contributed by atoms with Gasteiger partial charge in [0.2, 0.25) is 0 Å². The van der Waals surface area contributed by atoms with E-state index in [0.29, 0.717) is 41.0 Å². The molecule has 1 atom stereocenters. The molecule has 1 aromatic carbocycles. The predicted molar refractivity (Wildman–Crippen MR) is 95.2 cm³/mol. The number of aromatic nitrogens is 1. The Labute approximate surface area is 148 Å². The van der Waals surface area contributed by atoms with Gasteiger partial charge in [-0.05, 0) is 44.4 Å². The van der Waals surface area contributed by atoms with E-state index in [9.17, 15) is 4.79 Å². The largest absolute Gasteiger partial charge is 0.493 e. The molecular formula is C19H26N2O4. The molecule has 0 fully saturated rings. The average molecular weight is 346 g/mol. The van der Waals surface area contributed by atoms with Crippen molar-refractivity contribution in [3.05, 3.63) is 40.8 Å². The summed E-state index contributed by atoms with van der Waals surface area (Å²) in [6.07, 6.45) is 0. The van der Waals surface area contributed by atoms with Crippen LogP contribution in [0.3, 0.4) is 0 Å². The molecule has 0 saturated carbocycles. The number of nitrogens with zero attached hydrogens (tertiary/aromatic N) is 1. The molecule has 0 aliphatic carbocycles. The number of rotatable bonds is 7. The lowest BCUT2D eigenvalue weighted by Crippen LogP contribution is -2.27. The minimum atomic E-state index is -0.206. The molecule has 2 rings (SSSR count). The summed E-state index contributed by atoms with van der Waals surface area (Å²) in [5.41, 5.74) is 1.99. The van der Waals surface area contributed by atoms with Crippen molar-refractivity contribution >= 4 is 5.91 Å². The van der Waals surface area contributed by atoms with E-state index >= 15 is 0 Å². The first-order chi connectivity index (χ1) is 11.8. The van der Waals surface area contributed by atoms with E-state index in [0.717, 1.165) is 5.56 Å². The van der Waals surface area contributed by atoms with Crippen molar-refractivity contribution in [2.45, 2.75) is 40.7 Å². The van der Waals surface area contributed by atoms with Crippen molar-refractivity contribution in [2.24, 2.45) is 5.92 Å². The fourth-order valence-electron chi connectivity index (χ4n) is 2.49. The van der Waals surface area contributed by atoms with Crippen LogP contribution < -0.4 is 14.8 Å².